The van der Waals surface area contributed by atoms with Gasteiger partial charge in [0.1, 0.15) is 67.1 Å². The summed E-state index contributed by atoms with van der Waals surface area (Å²) in [5.41, 5.74) is -3.46. The van der Waals surface area contributed by atoms with Crippen molar-refractivity contribution in [3.63, 3.8) is 0 Å². The third kappa shape index (κ3) is 7.07. The topological polar surface area (TPSA) is 314 Å². The van der Waals surface area contributed by atoms with E-state index in [1.807, 2.05) is 0 Å². The lowest BCUT2D eigenvalue weighted by Crippen LogP contribution is -2.63. The van der Waals surface area contributed by atoms with Crippen LogP contribution in [0.1, 0.15) is 13.3 Å². The van der Waals surface area contributed by atoms with Gasteiger partial charge in [-0.15, -0.1) is 0 Å². The summed E-state index contributed by atoms with van der Waals surface area (Å²) in [5, 5.41) is 119. The summed E-state index contributed by atoms with van der Waals surface area (Å²) in [7, 11) is 0. The molecule has 18 heteroatoms. The Balaban J connectivity index is 2.03. The quantitative estimate of drug-likeness (QED) is 0.0905. The number of ketones is 1. The highest BCUT2D eigenvalue weighted by Crippen LogP contribution is 2.27. The number of carboxylic acid groups (broad SMARTS) is 1. The molecule has 228 valence electrons. The molecule has 0 aromatic carbocycles. The van der Waals surface area contributed by atoms with Gasteiger partial charge in [-0.25, -0.2) is 4.79 Å². The van der Waals surface area contributed by atoms with Gasteiger partial charge in [-0.3, -0.25) is 4.79 Å². The molecule has 0 aromatic heterocycles. The summed E-state index contributed by atoms with van der Waals surface area (Å²) in [5.74, 6) is -3.54. The number of hydrogen-bond acceptors (Lipinski definition) is 17. The van der Waals surface area contributed by atoms with Crippen LogP contribution >= 0.6 is 0 Å². The molecule has 2 rings (SSSR count). The van der Waals surface area contributed by atoms with E-state index in [0.29, 0.717) is 0 Å². The Labute approximate surface area is 220 Å². The molecule has 2 aliphatic rings. The minimum Gasteiger partial charge on any atom is -0.479 e. The van der Waals surface area contributed by atoms with E-state index in [1.54, 1.807) is 0 Å². The molecule has 0 aromatic rings. The molecule has 18 nitrogen and oxygen atoms in total. The first kappa shape index (κ1) is 33.7. The van der Waals surface area contributed by atoms with Crippen molar-refractivity contribution in [2.45, 2.75) is 98.7 Å². The first-order valence-electron chi connectivity index (χ1n) is 11.9. The smallest absolute Gasteiger partial charge is 0.346 e. The number of ether oxygens (including phenoxy) is 4. The second-order valence-electron chi connectivity index (χ2n) is 9.23. The minimum absolute atomic E-state index is 0.534. The summed E-state index contributed by atoms with van der Waals surface area (Å²) < 4.78 is 20.8. The lowest BCUT2D eigenvalue weighted by molar-refractivity contribution is -0.333. The van der Waals surface area contributed by atoms with Gasteiger partial charge < -0.3 is 80.2 Å². The minimum atomic E-state index is -3.46. The average Bonchev–Trinajstić information content (AvgIpc) is 2.92. The third-order valence-electron chi connectivity index (χ3n) is 6.59. The number of hydrogen-bond donors (Lipinski definition) is 12. The average molecular weight is 577 g/mol. The molecule has 14 atom stereocenters. The van der Waals surface area contributed by atoms with Crippen LogP contribution in [0.3, 0.4) is 0 Å². The van der Waals surface area contributed by atoms with Crippen molar-refractivity contribution in [1.82, 2.24) is 0 Å². The molecule has 0 amide bonds. The molecule has 0 radical (unpaired) electrons. The van der Waals surface area contributed by atoms with Crippen LogP contribution in [-0.4, -0.2) is 178 Å². The van der Waals surface area contributed by atoms with Crippen LogP contribution in [0.5, 0.6) is 0 Å². The van der Waals surface area contributed by atoms with Gasteiger partial charge in [0, 0.05) is 6.42 Å². The molecule has 0 saturated carbocycles. The van der Waals surface area contributed by atoms with Gasteiger partial charge in [0.2, 0.25) is 5.60 Å². The Morgan fingerprint density at radius 3 is 1.79 bits per heavy atom. The van der Waals surface area contributed by atoms with Gasteiger partial charge in [-0.1, -0.05) is 6.92 Å². The first-order chi connectivity index (χ1) is 18.1. The van der Waals surface area contributed by atoms with E-state index in [1.165, 1.54) is 6.92 Å². The predicted octanol–water partition coefficient (Wildman–Crippen LogP) is -7.50. The van der Waals surface area contributed by atoms with Crippen molar-refractivity contribution in [3.8, 4) is 0 Å². The van der Waals surface area contributed by atoms with Crippen LogP contribution in [0.2, 0.25) is 0 Å². The predicted molar refractivity (Wildman–Crippen MR) is 118 cm³/mol. The van der Waals surface area contributed by atoms with Crippen molar-refractivity contribution in [1.29, 1.82) is 0 Å². The lowest BCUT2D eigenvalue weighted by atomic mass is 9.85. The van der Waals surface area contributed by atoms with E-state index < -0.39 is 123 Å². The highest BCUT2D eigenvalue weighted by Gasteiger charge is 2.54. The summed E-state index contributed by atoms with van der Waals surface area (Å²) in [4.78, 5) is 23.2. The van der Waals surface area contributed by atoms with Gasteiger partial charge in [0.15, 0.2) is 18.4 Å². The summed E-state index contributed by atoms with van der Waals surface area (Å²) in [6, 6.07) is 0. The van der Waals surface area contributed by atoms with Crippen molar-refractivity contribution in [3.05, 3.63) is 0 Å². The summed E-state index contributed by atoms with van der Waals surface area (Å²) in [6.45, 7) is -1.25. The second-order valence-corrected chi connectivity index (χ2v) is 9.23. The number of Topliss-reactive ketones (excluding diaryl/α,β-unsaturated/α-hetero) is 1. The van der Waals surface area contributed by atoms with E-state index in [4.69, 9.17) is 24.1 Å². The zero-order valence-electron chi connectivity index (χ0n) is 20.7. The molecule has 2 saturated heterocycles. The van der Waals surface area contributed by atoms with Crippen molar-refractivity contribution in [2.75, 3.05) is 19.8 Å². The molecule has 0 bridgehead atoms. The maximum Gasteiger partial charge on any atom is 0.346 e. The van der Waals surface area contributed by atoms with Crippen LogP contribution in [0.4, 0.5) is 0 Å². The van der Waals surface area contributed by atoms with E-state index in [0.717, 1.165) is 0 Å². The van der Waals surface area contributed by atoms with E-state index in [9.17, 15) is 65.8 Å². The van der Waals surface area contributed by atoms with Crippen LogP contribution in [0, 0.1) is 0 Å². The van der Waals surface area contributed by atoms with E-state index >= 15 is 0 Å². The van der Waals surface area contributed by atoms with Crippen LogP contribution in [0.15, 0.2) is 0 Å². The van der Waals surface area contributed by atoms with Crippen molar-refractivity contribution < 1.29 is 89.8 Å². The normalized spacial score (nSPS) is 39.4. The highest BCUT2D eigenvalue weighted by molar-refractivity contribution is 6.06. The maximum atomic E-state index is 11.9. The standard InChI is InChI=1S/C21H36O18/c1-2-9(24)21(35,20(33)34)17(32)10(25)6(23)4-36-18-16(31)14(29)12(27)8(39-18)5-37-19-15(30)13(28)11(26)7(3-22)38-19/h6-8,10-19,22-23,25-32,35H,2-5H2,1H3,(H,33,34)/t6-,7-,8-,10-,11-,12-,13+,14+,15-,16-,17+,18+,19+,21+/m1/s1. The molecule has 0 unspecified atom stereocenters. The van der Waals surface area contributed by atoms with Gasteiger partial charge in [0.05, 0.1) is 19.8 Å². The Kier molecular flexibility index (Phi) is 12.1. The summed E-state index contributed by atoms with van der Waals surface area (Å²) >= 11 is 0. The van der Waals surface area contributed by atoms with E-state index in [-0.39, 0.29) is 0 Å². The van der Waals surface area contributed by atoms with Crippen LogP contribution in [-0.2, 0) is 28.5 Å². The largest absolute Gasteiger partial charge is 0.479 e. The molecule has 0 spiro atoms. The van der Waals surface area contributed by atoms with Crippen molar-refractivity contribution in [2.24, 2.45) is 0 Å². The third-order valence-corrected chi connectivity index (χ3v) is 6.59. The van der Waals surface area contributed by atoms with Gasteiger partial charge in [0.25, 0.3) is 0 Å². The molecule has 2 aliphatic heterocycles. The molecule has 39 heavy (non-hydrogen) atoms. The number of rotatable bonds is 13. The fourth-order valence-corrected chi connectivity index (χ4v) is 4.02. The number of carbonyl (C=O) groups is 2. The number of carbonyl (C=O) groups excluding carboxylic acids is 1. The van der Waals surface area contributed by atoms with Gasteiger partial charge in [-0.05, 0) is 0 Å². The van der Waals surface area contributed by atoms with Crippen LogP contribution < -0.4 is 0 Å². The Hall–Kier alpha value is -1.46. The van der Waals surface area contributed by atoms with Gasteiger partial charge in [-0.2, -0.15) is 0 Å². The number of aliphatic carboxylic acids is 1. The Bertz CT molecular complexity index is 812. The molecule has 12 N–H and O–H groups in total. The molecule has 0 aliphatic carbocycles. The van der Waals surface area contributed by atoms with E-state index in [2.05, 4.69) is 0 Å². The fourth-order valence-electron chi connectivity index (χ4n) is 4.02. The van der Waals surface area contributed by atoms with Crippen molar-refractivity contribution >= 4 is 11.8 Å². The Morgan fingerprint density at radius 1 is 0.821 bits per heavy atom. The summed E-state index contributed by atoms with van der Waals surface area (Å²) in [6.07, 6.45) is -25.0. The zero-order valence-corrected chi connectivity index (χ0v) is 20.7. The zero-order chi connectivity index (χ0) is 29.8. The lowest BCUT2D eigenvalue weighted by Gasteiger charge is -2.42. The van der Waals surface area contributed by atoms with Gasteiger partial charge >= 0.3 is 5.97 Å². The highest BCUT2D eigenvalue weighted by atomic mass is 16.7. The molecule has 2 fully saturated rings. The second kappa shape index (κ2) is 13.9. The Morgan fingerprint density at radius 2 is 1.31 bits per heavy atom. The molecular weight excluding hydrogens is 540 g/mol. The molecular formula is C21H36O18. The number of aliphatic hydroxyl groups is 11. The SMILES string of the molecule is CCC(=O)[C@@](O)(C(=O)O)[C@@H](O)[C@H](O)[C@H](O)CO[C@H]1O[C@H](CO[C@H]2O[C@H](CO)[C@@H](O)[C@H](O)[C@H]2O)[C@@H](O)[C@H](O)[C@H]1O. The first-order valence-corrected chi connectivity index (χ1v) is 11.9. The number of carboxylic acids is 1. The van der Waals surface area contributed by atoms with Crippen LogP contribution in [0.25, 0.3) is 0 Å². The fraction of sp³-hybridized carbons (Fsp3) is 0.905. The monoisotopic (exact) mass is 576 g/mol. The number of aliphatic hydroxyl groups excluding tert-OH is 10. The maximum absolute atomic E-state index is 11.9. The molecule has 2 heterocycles.